The molecule has 18 heavy (non-hydrogen) atoms. The van der Waals surface area contributed by atoms with Crippen molar-refractivity contribution in [1.82, 2.24) is 15.1 Å². The molecule has 0 aliphatic carbocycles. The van der Waals surface area contributed by atoms with Crippen LogP contribution < -0.4 is 11.1 Å². The molecular weight excluding hydrogens is 232 g/mol. The number of hydrogen-bond acceptors (Lipinski definition) is 4. The Hall–Kier alpha value is -1.56. The molecule has 6 heteroatoms. The molecule has 0 fully saturated rings. The van der Waals surface area contributed by atoms with Gasteiger partial charge >= 0.3 is 0 Å². The smallest absolute Gasteiger partial charge is 0.241 e. The lowest BCUT2D eigenvalue weighted by molar-refractivity contribution is -0.122. The molecule has 1 amide bonds. The Balaban J connectivity index is 2.32. The van der Waals surface area contributed by atoms with E-state index in [1.807, 2.05) is 0 Å². The van der Waals surface area contributed by atoms with Gasteiger partial charge in [-0.05, 0) is 11.8 Å². The van der Waals surface area contributed by atoms with Gasteiger partial charge in [0, 0.05) is 26.5 Å². The largest absolute Gasteiger partial charge is 0.396 e. The number of aromatic nitrogens is 2. The lowest BCUT2D eigenvalue weighted by atomic mass is 9.90. The Labute approximate surface area is 107 Å². The van der Waals surface area contributed by atoms with Gasteiger partial charge in [-0.25, -0.2) is 0 Å². The first kappa shape index (κ1) is 14.5. The van der Waals surface area contributed by atoms with E-state index in [9.17, 15) is 4.79 Å². The van der Waals surface area contributed by atoms with E-state index in [4.69, 9.17) is 10.5 Å². The van der Waals surface area contributed by atoms with Crippen molar-refractivity contribution in [2.75, 3.05) is 26.0 Å². The van der Waals surface area contributed by atoms with Gasteiger partial charge in [0.15, 0.2) is 0 Å². The van der Waals surface area contributed by atoms with Crippen molar-refractivity contribution < 1.29 is 9.53 Å². The molecular formula is C12H22N4O2. The fraction of sp³-hybridized carbons (Fsp3) is 0.667. The number of anilines is 1. The number of carbonyl (C=O) groups excluding carboxylic acids is 1. The molecule has 0 atom stereocenters. The summed E-state index contributed by atoms with van der Waals surface area (Å²) >= 11 is 0. The minimum Gasteiger partial charge on any atom is -0.396 e. The van der Waals surface area contributed by atoms with E-state index in [1.165, 1.54) is 10.9 Å². The molecule has 0 aliphatic heterocycles. The molecule has 1 rings (SSSR count). The van der Waals surface area contributed by atoms with Crippen LogP contribution in [-0.2, 0) is 16.1 Å². The zero-order valence-corrected chi connectivity index (χ0v) is 11.3. The number of hydrogen-bond donors (Lipinski definition) is 2. The first-order valence-electron chi connectivity index (χ1n) is 5.96. The third-order valence-corrected chi connectivity index (χ3v) is 2.71. The van der Waals surface area contributed by atoms with Crippen LogP contribution in [0.25, 0.3) is 0 Å². The van der Waals surface area contributed by atoms with E-state index in [0.29, 0.717) is 18.8 Å². The highest BCUT2D eigenvalue weighted by Gasteiger charge is 2.18. The summed E-state index contributed by atoms with van der Waals surface area (Å²) in [7, 11) is 1.68. The molecule has 0 saturated heterocycles. The van der Waals surface area contributed by atoms with E-state index in [-0.39, 0.29) is 17.9 Å². The molecule has 102 valence electrons. The van der Waals surface area contributed by atoms with Crippen molar-refractivity contribution in [2.45, 2.75) is 26.8 Å². The maximum atomic E-state index is 11.7. The van der Waals surface area contributed by atoms with Crippen molar-refractivity contribution in [1.29, 1.82) is 0 Å². The second-order valence-corrected chi connectivity index (χ2v) is 5.15. The Morgan fingerprint density at radius 1 is 1.61 bits per heavy atom. The van der Waals surface area contributed by atoms with Crippen LogP contribution in [0.15, 0.2) is 12.4 Å². The maximum absolute atomic E-state index is 11.7. The van der Waals surface area contributed by atoms with Crippen molar-refractivity contribution >= 4 is 11.6 Å². The van der Waals surface area contributed by atoms with E-state index in [1.54, 1.807) is 13.3 Å². The Bertz CT molecular complexity index is 387. The lowest BCUT2D eigenvalue weighted by Crippen LogP contribution is -2.36. The predicted molar refractivity (Wildman–Crippen MR) is 69.9 cm³/mol. The fourth-order valence-electron chi connectivity index (χ4n) is 1.47. The Morgan fingerprint density at radius 3 is 2.89 bits per heavy atom. The van der Waals surface area contributed by atoms with Gasteiger partial charge in [0.1, 0.15) is 6.54 Å². The van der Waals surface area contributed by atoms with E-state index >= 15 is 0 Å². The van der Waals surface area contributed by atoms with Gasteiger partial charge in [-0.2, -0.15) is 5.10 Å². The van der Waals surface area contributed by atoms with Gasteiger partial charge in [0.25, 0.3) is 0 Å². The summed E-state index contributed by atoms with van der Waals surface area (Å²) < 4.78 is 6.56. The SMILES string of the molecule is COCCC(C)(C)CNC(=O)Cn1cc(N)cn1. The van der Waals surface area contributed by atoms with Crippen LogP contribution in [0, 0.1) is 5.41 Å². The van der Waals surface area contributed by atoms with E-state index in [2.05, 4.69) is 24.3 Å². The van der Waals surface area contributed by atoms with Gasteiger partial charge in [0.2, 0.25) is 5.91 Å². The van der Waals surface area contributed by atoms with Crippen molar-refractivity contribution in [3.63, 3.8) is 0 Å². The summed E-state index contributed by atoms with van der Waals surface area (Å²) in [5.74, 6) is -0.0661. The fourth-order valence-corrected chi connectivity index (χ4v) is 1.47. The van der Waals surface area contributed by atoms with E-state index in [0.717, 1.165) is 6.42 Å². The maximum Gasteiger partial charge on any atom is 0.241 e. The second-order valence-electron chi connectivity index (χ2n) is 5.15. The van der Waals surface area contributed by atoms with Crippen LogP contribution >= 0.6 is 0 Å². The molecule has 1 aromatic rings. The third kappa shape index (κ3) is 5.18. The van der Waals surface area contributed by atoms with Crippen LogP contribution in [0.5, 0.6) is 0 Å². The summed E-state index contributed by atoms with van der Waals surface area (Å²) in [6.07, 6.45) is 4.06. The molecule has 0 bridgehead atoms. The minimum absolute atomic E-state index is 0.0226. The summed E-state index contributed by atoms with van der Waals surface area (Å²) in [4.78, 5) is 11.7. The minimum atomic E-state index is -0.0661. The molecule has 0 saturated carbocycles. The monoisotopic (exact) mass is 254 g/mol. The zero-order valence-electron chi connectivity index (χ0n) is 11.3. The number of carbonyl (C=O) groups is 1. The topological polar surface area (TPSA) is 82.2 Å². The molecule has 0 aliphatic rings. The molecule has 0 aromatic carbocycles. The number of nitrogens with one attached hydrogen (secondary N) is 1. The molecule has 0 spiro atoms. The highest BCUT2D eigenvalue weighted by Crippen LogP contribution is 2.18. The van der Waals surface area contributed by atoms with Crippen LogP contribution in [0.2, 0.25) is 0 Å². The predicted octanol–water partition coefficient (Wildman–Crippen LogP) is 0.644. The van der Waals surface area contributed by atoms with Crippen LogP contribution in [0.4, 0.5) is 5.69 Å². The highest BCUT2D eigenvalue weighted by atomic mass is 16.5. The highest BCUT2D eigenvalue weighted by molar-refractivity contribution is 5.75. The molecule has 0 radical (unpaired) electrons. The standard InChI is InChI=1S/C12H22N4O2/c1-12(2,4-5-18-3)9-14-11(17)8-16-7-10(13)6-15-16/h6-7H,4-5,8-9,13H2,1-3H3,(H,14,17). The lowest BCUT2D eigenvalue weighted by Gasteiger charge is -2.24. The summed E-state index contributed by atoms with van der Waals surface area (Å²) in [5.41, 5.74) is 6.10. The van der Waals surface area contributed by atoms with Gasteiger partial charge in [-0.1, -0.05) is 13.8 Å². The molecule has 1 aromatic heterocycles. The second kappa shape index (κ2) is 6.39. The van der Waals surface area contributed by atoms with Crippen molar-refractivity contribution in [3.05, 3.63) is 12.4 Å². The Kier molecular flexibility index (Phi) is 5.15. The average molecular weight is 254 g/mol. The number of nitrogens with two attached hydrogens (primary N) is 1. The number of nitrogens with zero attached hydrogens (tertiary/aromatic N) is 2. The summed E-state index contributed by atoms with van der Waals surface area (Å²) in [6, 6.07) is 0. The van der Waals surface area contributed by atoms with Crippen LogP contribution in [0.1, 0.15) is 20.3 Å². The molecule has 0 unspecified atom stereocenters. The average Bonchev–Trinajstić information content (AvgIpc) is 2.70. The first-order chi connectivity index (χ1) is 8.43. The number of ether oxygens (including phenoxy) is 1. The van der Waals surface area contributed by atoms with Crippen molar-refractivity contribution in [2.24, 2.45) is 5.41 Å². The first-order valence-corrected chi connectivity index (χ1v) is 5.96. The van der Waals surface area contributed by atoms with Crippen LogP contribution in [0.3, 0.4) is 0 Å². The molecule has 3 N–H and O–H groups in total. The van der Waals surface area contributed by atoms with Crippen molar-refractivity contribution in [3.8, 4) is 0 Å². The van der Waals surface area contributed by atoms with Gasteiger partial charge in [-0.3, -0.25) is 9.48 Å². The van der Waals surface area contributed by atoms with Gasteiger partial charge in [0.05, 0.1) is 11.9 Å². The number of rotatable bonds is 7. The third-order valence-electron chi connectivity index (χ3n) is 2.71. The normalized spacial score (nSPS) is 11.5. The van der Waals surface area contributed by atoms with E-state index < -0.39 is 0 Å². The molecule has 1 heterocycles. The quantitative estimate of drug-likeness (QED) is 0.748. The van der Waals surface area contributed by atoms with Gasteiger partial charge in [-0.15, -0.1) is 0 Å². The number of nitrogen functional groups attached to an aromatic ring is 1. The Morgan fingerprint density at radius 2 is 2.33 bits per heavy atom. The number of methoxy groups -OCH3 is 1. The molecule has 6 nitrogen and oxygen atoms in total. The summed E-state index contributed by atoms with van der Waals surface area (Å²) in [6.45, 7) is 5.69. The number of amides is 1. The summed E-state index contributed by atoms with van der Waals surface area (Å²) in [5, 5.41) is 6.85. The van der Waals surface area contributed by atoms with Gasteiger partial charge < -0.3 is 15.8 Å². The van der Waals surface area contributed by atoms with Crippen LogP contribution in [-0.4, -0.2) is 35.9 Å². The zero-order chi connectivity index (χ0) is 13.6.